The normalized spacial score (nSPS) is 23.7. The Morgan fingerprint density at radius 3 is 1.57 bits per heavy atom. The summed E-state index contributed by atoms with van der Waals surface area (Å²) >= 11 is 18.6. The van der Waals surface area contributed by atoms with Gasteiger partial charge in [-0.25, -0.2) is 47.0 Å². The molecule has 648 valence electrons. The van der Waals surface area contributed by atoms with Gasteiger partial charge in [0.2, 0.25) is 17.7 Å². The highest BCUT2D eigenvalue weighted by atomic mass is 35.5. The number of nitrogens with zero attached hydrogens (tertiary/aromatic N) is 4. The van der Waals surface area contributed by atoms with Crippen LogP contribution in [0, 0.1) is 23.2 Å². The zero-order valence-corrected chi connectivity index (χ0v) is 72.9. The summed E-state index contributed by atoms with van der Waals surface area (Å²) in [6.07, 6.45) is 4.18. The van der Waals surface area contributed by atoms with E-state index in [1.807, 2.05) is 64.5 Å². The number of ketones is 1. The van der Waals surface area contributed by atoms with Crippen molar-refractivity contribution >= 4 is 130 Å². The Hall–Kier alpha value is -8.61. The molecule has 7 fully saturated rings. The average Bonchev–Trinajstić information content (AvgIpc) is 1.58. The van der Waals surface area contributed by atoms with Crippen molar-refractivity contribution in [1.82, 2.24) is 39.5 Å². The number of nitrogens with two attached hydrogens (primary N) is 1. The van der Waals surface area contributed by atoms with Crippen LogP contribution < -0.4 is 49.6 Å². The largest absolute Gasteiger partial charge is 0.488 e. The molecule has 0 spiro atoms. The highest BCUT2D eigenvalue weighted by molar-refractivity contribution is 7.85. The highest BCUT2D eigenvalue weighted by Gasteiger charge is 2.62. The van der Waals surface area contributed by atoms with Crippen molar-refractivity contribution in [1.29, 1.82) is 0 Å². The lowest BCUT2D eigenvalue weighted by Crippen LogP contribution is -2.47. The van der Waals surface area contributed by atoms with Crippen molar-refractivity contribution in [2.75, 3.05) is 46.6 Å². The quantitative estimate of drug-likeness (QED) is 0.0229. The van der Waals surface area contributed by atoms with Crippen LogP contribution in [0.2, 0.25) is 15.1 Å². The predicted molar refractivity (Wildman–Crippen MR) is 441 cm³/mol. The van der Waals surface area contributed by atoms with Crippen LogP contribution in [-0.4, -0.2) is 193 Å². The minimum absolute atomic E-state index is 0.0448. The smallest absolute Gasteiger partial charge is 0.411 e. The van der Waals surface area contributed by atoms with Crippen LogP contribution in [0.15, 0.2) is 77.6 Å². The summed E-state index contributed by atoms with van der Waals surface area (Å²) in [6.45, 7) is 27.8. The van der Waals surface area contributed by atoms with Crippen LogP contribution in [0.4, 0.5) is 9.59 Å². The molecule has 3 saturated heterocycles. The monoisotopic (exact) mass is 1740 g/mol. The number of carbonyl (C=O) groups excluding carboxylic acids is 6. The van der Waals surface area contributed by atoms with E-state index < -0.39 is 108 Å². The zero-order valence-electron chi connectivity index (χ0n) is 69.0. The maximum Gasteiger partial charge on any atom is 0.411 e. The number of halogens is 3. The van der Waals surface area contributed by atoms with Gasteiger partial charge in [-0.2, -0.15) is 16.8 Å². The number of carboxylic acid groups (broad SMARTS) is 1. The molecule has 118 heavy (non-hydrogen) atoms. The first-order valence-electron chi connectivity index (χ1n) is 39.4. The van der Waals surface area contributed by atoms with E-state index >= 15 is 0 Å². The van der Waals surface area contributed by atoms with E-state index in [2.05, 4.69) is 25.0 Å². The Morgan fingerprint density at radius 1 is 0.627 bits per heavy atom. The number of rotatable bonds is 25. The maximum absolute atomic E-state index is 13.3. The first-order chi connectivity index (χ1) is 55.2. The van der Waals surface area contributed by atoms with Gasteiger partial charge in [-0.3, -0.25) is 29.0 Å². The molecule has 3 aliphatic heterocycles. The van der Waals surface area contributed by atoms with Crippen molar-refractivity contribution in [3.8, 4) is 29.1 Å². The molecule has 7 N–H and O–H groups in total. The Bertz CT molecular complexity index is 5000. The van der Waals surface area contributed by atoms with Crippen LogP contribution in [0.1, 0.15) is 174 Å². The predicted octanol–water partition coefficient (Wildman–Crippen LogP) is 12.3. The summed E-state index contributed by atoms with van der Waals surface area (Å²) in [7, 11) is -6.95. The van der Waals surface area contributed by atoms with Crippen molar-refractivity contribution in [2.24, 2.45) is 28.9 Å². The van der Waals surface area contributed by atoms with Crippen molar-refractivity contribution < 1.29 is 102 Å². The fourth-order valence-electron chi connectivity index (χ4n) is 13.9. The summed E-state index contributed by atoms with van der Waals surface area (Å²) in [5, 5.41) is 16.2. The van der Waals surface area contributed by atoms with E-state index in [0.717, 1.165) is 11.8 Å². The van der Waals surface area contributed by atoms with Gasteiger partial charge in [0.25, 0.3) is 5.91 Å². The Balaban J connectivity index is 0.000000178. The zero-order chi connectivity index (χ0) is 87.0. The number of methoxy groups -OCH3 is 1. The second-order valence-electron chi connectivity index (χ2n) is 32.9. The number of carboxylic acids is 1. The third kappa shape index (κ3) is 24.6. The number of nitrogens with one attached hydrogen (secondary N) is 4. The van der Waals surface area contributed by atoms with Gasteiger partial charge in [-0.05, 0) is 175 Å². The van der Waals surface area contributed by atoms with Crippen molar-refractivity contribution in [3.63, 3.8) is 0 Å². The van der Waals surface area contributed by atoms with Gasteiger partial charge in [-0.1, -0.05) is 86.6 Å². The topological polar surface area (TPSA) is 428 Å². The SMILES string of the molecule is CCOc1cc(=O)c2cccc(Cl)c2[nH]1.CCOc1cc(O[C@@H]2C[C@@H](C(=O)O)N(C(=O)OC(C)(C)C)C2)c2cccc(Cl)c2n1.CCOc1cc(O[C@H]2CN[C@H](C(=O)C[C@]3(C(=O)NS(=O)(=O)OC4(C)CC4)C[C@H]3CC)C2)c2cccc(Cl)c2n1.CC[C@@H]1C[C@]1(N)C(=O)NS(=O)(=O)OC1(C)CC1.COC(=O)[C@@H]1C[C@H](C)CN1C(=O)OC(C)(C)C. The van der Waals surface area contributed by atoms with E-state index in [9.17, 15) is 60.3 Å². The minimum Gasteiger partial charge on any atom is -0.488 e. The van der Waals surface area contributed by atoms with Gasteiger partial charge in [-0.15, -0.1) is 0 Å². The number of esters is 1. The Labute approximate surface area is 702 Å². The number of carbonyl (C=O) groups is 7. The average molecular weight is 1750 g/mol. The second-order valence-corrected chi connectivity index (χ2v) is 36.6. The minimum atomic E-state index is -4.25. The number of aromatic nitrogens is 3. The molecule has 0 radical (unpaired) electrons. The molecule has 4 aliphatic carbocycles. The number of Topliss-reactive ketones (excluding diaryl/α,β-unsaturated/α-hetero) is 1. The molecule has 4 saturated carbocycles. The number of benzene rings is 3. The number of amides is 4. The Morgan fingerprint density at radius 2 is 1.11 bits per heavy atom. The highest BCUT2D eigenvalue weighted by Crippen LogP contribution is 2.58. The fourth-order valence-corrected chi connectivity index (χ4v) is 16.9. The Kier molecular flexibility index (Phi) is 30.0. The number of hydrogen-bond acceptors (Lipinski definition) is 26. The molecule has 10 atom stereocenters. The molecular formula is C81H108Cl3N9O23S2. The molecule has 0 unspecified atom stereocenters. The lowest BCUT2D eigenvalue weighted by molar-refractivity contribution is -0.145. The number of H-pyrrole nitrogens is 1. The number of hydrogen-bond donors (Lipinski definition) is 6. The molecule has 6 heterocycles. The van der Waals surface area contributed by atoms with Crippen LogP contribution in [0.5, 0.6) is 29.1 Å². The summed E-state index contributed by atoms with van der Waals surface area (Å²) < 4.78 is 106. The van der Waals surface area contributed by atoms with Crippen LogP contribution in [-0.2, 0) is 67.2 Å². The van der Waals surface area contributed by atoms with Gasteiger partial charge >= 0.3 is 44.7 Å². The first kappa shape index (κ1) is 93.3. The van der Waals surface area contributed by atoms with Crippen molar-refractivity contribution in [3.05, 3.63) is 98.1 Å². The van der Waals surface area contributed by atoms with Gasteiger partial charge in [0.05, 0.1) is 93.3 Å². The molecule has 4 amide bonds. The summed E-state index contributed by atoms with van der Waals surface area (Å²) in [5.74, 6) is -0.443. The molecule has 37 heteroatoms. The summed E-state index contributed by atoms with van der Waals surface area (Å²) in [4.78, 5) is 112. The third-order valence-corrected chi connectivity index (χ3v) is 23.7. The number of pyridine rings is 3. The van der Waals surface area contributed by atoms with E-state index in [0.29, 0.717) is 162 Å². The van der Waals surface area contributed by atoms with E-state index in [-0.39, 0.29) is 60.4 Å². The number of fused-ring (bicyclic) bond motifs is 3. The molecular weight excluding hydrogens is 1640 g/mol. The number of aliphatic carboxylic acids is 1. The standard InChI is InChI=1S/C27H34ClN3O7S.C21H25ClN2O6.C12H21NO4.C11H10ClNO2.C10H18N2O4S/c1-4-16-13-27(16,25(33)31-39(34,35)38-26(3)9-10-26)14-21(32)20-11-17(15-29-20)37-22-12-23(36-5-2)30-24-18(22)7-6-8-19(24)28;1-5-28-17-10-16(13-7-6-8-14(22)18(13)23-17)29-12-9-15(19(25)26)24(11-12)20(27)30-21(2,3)4;1-8-6-9(10(14)16-5)13(7-8)11(15)17-12(2,3)4;1-2-15-10-6-9(14)7-4-3-5-8(12)11(7)13-10;1-3-7-6-10(7,11)8(13)12-17(14,15)16-9(2)4-5-9/h6-8,12,16-17,20,29H,4-5,9-11,13-15H2,1-3H3,(H,31,33);6-8,10,12,15H,5,9,11H2,1-4H3,(H,25,26);8-9H,6-7H2,1-5H3;3-6H,2H2,1H3,(H,13,14);7H,3-6,11H2,1-2H3,(H,12,13)/t16-,17-,20+,27-;12-,15+;8-,9-;;7-,10-/m110.1/s1. The lowest BCUT2D eigenvalue weighted by Gasteiger charge is -2.27. The van der Waals surface area contributed by atoms with Crippen LogP contribution in [0.25, 0.3) is 32.7 Å². The summed E-state index contributed by atoms with van der Waals surface area (Å²) in [6, 6.07) is 18.7. The molecule has 0 bridgehead atoms. The van der Waals surface area contributed by atoms with E-state index in [1.165, 1.54) is 23.0 Å². The second kappa shape index (κ2) is 38.0. The van der Waals surface area contributed by atoms with Gasteiger partial charge in [0.1, 0.15) is 47.0 Å². The molecule has 3 aromatic heterocycles. The number of ether oxygens (including phenoxy) is 8. The molecule has 6 aromatic rings. The van der Waals surface area contributed by atoms with Crippen LogP contribution >= 0.6 is 34.8 Å². The van der Waals surface area contributed by atoms with Crippen molar-refractivity contribution in [2.45, 2.75) is 232 Å². The lowest BCUT2D eigenvalue weighted by atomic mass is 9.91. The van der Waals surface area contributed by atoms with Gasteiger partial charge in [0.15, 0.2) is 17.1 Å². The third-order valence-electron chi connectivity index (χ3n) is 20.7. The molecule has 7 aliphatic rings. The number of likely N-dealkylation sites (tertiary alicyclic amines) is 2. The molecule has 32 nitrogen and oxygen atoms in total. The van der Waals surface area contributed by atoms with Gasteiger partial charge < -0.3 is 59.0 Å². The fraction of sp³-hybridized carbons (Fsp3) is 0.580. The van der Waals surface area contributed by atoms with Crippen LogP contribution in [0.3, 0.4) is 0 Å². The maximum atomic E-state index is 13.3. The van der Waals surface area contributed by atoms with E-state index in [4.69, 9.17) is 86.8 Å². The number of para-hydroxylation sites is 3. The molecule has 3 aromatic carbocycles. The molecule has 13 rings (SSSR count). The van der Waals surface area contributed by atoms with Gasteiger partial charge in [0, 0.05) is 66.7 Å². The number of aromatic amines is 1. The summed E-state index contributed by atoms with van der Waals surface area (Å²) in [5.41, 5.74) is 2.68. The first-order valence-corrected chi connectivity index (χ1v) is 43.3. The van der Waals surface area contributed by atoms with E-state index in [1.54, 1.807) is 104 Å².